The van der Waals surface area contributed by atoms with Crippen LogP contribution in [0.3, 0.4) is 0 Å². The van der Waals surface area contributed by atoms with Crippen molar-refractivity contribution in [3.05, 3.63) is 89.0 Å². The smallest absolute Gasteiger partial charge is 0.336 e. The lowest BCUT2D eigenvalue weighted by Gasteiger charge is -2.18. The topological polar surface area (TPSA) is 76.0 Å². The molecule has 0 atom stereocenters. The van der Waals surface area contributed by atoms with Crippen molar-refractivity contribution < 1.29 is 24.5 Å². The summed E-state index contributed by atoms with van der Waals surface area (Å²) in [5.41, 5.74) is 2.22. The standard InChI is InChI=1S/C22H20O5/c1-15-18(22(24)25)12-19(23)21(27-14-17-10-6-3-7-11-17)20(15)26-13-16-8-4-2-5-9-16/h2-12,23H,13-14H2,1H3,(H,24,25). The first-order chi connectivity index (χ1) is 13.1. The number of carboxylic acid groups (broad SMARTS) is 1. The van der Waals surface area contributed by atoms with Gasteiger partial charge in [0.15, 0.2) is 11.5 Å². The summed E-state index contributed by atoms with van der Waals surface area (Å²) in [6.07, 6.45) is 0. The molecule has 0 fully saturated rings. The molecule has 3 aromatic rings. The lowest BCUT2D eigenvalue weighted by atomic mass is 10.1. The third-order valence-corrected chi connectivity index (χ3v) is 4.15. The number of ether oxygens (including phenoxy) is 2. The van der Waals surface area contributed by atoms with Gasteiger partial charge in [0.25, 0.3) is 0 Å². The molecule has 0 saturated carbocycles. The van der Waals surface area contributed by atoms with Gasteiger partial charge in [-0.2, -0.15) is 0 Å². The summed E-state index contributed by atoms with van der Waals surface area (Å²) >= 11 is 0. The Balaban J connectivity index is 1.92. The van der Waals surface area contributed by atoms with Gasteiger partial charge in [-0.1, -0.05) is 60.7 Å². The molecular formula is C22H20O5. The number of benzene rings is 3. The largest absolute Gasteiger partial charge is 0.504 e. The predicted octanol–water partition coefficient (Wildman–Crippen LogP) is 4.56. The highest BCUT2D eigenvalue weighted by molar-refractivity contribution is 5.91. The SMILES string of the molecule is Cc1c(C(=O)O)cc(O)c(OCc2ccccc2)c1OCc1ccccc1. The quantitative estimate of drug-likeness (QED) is 0.643. The van der Waals surface area contributed by atoms with Crippen molar-refractivity contribution in [3.8, 4) is 17.2 Å². The Hall–Kier alpha value is -3.47. The first-order valence-electron chi connectivity index (χ1n) is 8.49. The number of aromatic carboxylic acids is 1. The monoisotopic (exact) mass is 364 g/mol. The minimum absolute atomic E-state index is 0.0253. The summed E-state index contributed by atoms with van der Waals surface area (Å²) in [5, 5.41) is 19.7. The van der Waals surface area contributed by atoms with Gasteiger partial charge in [-0.05, 0) is 24.1 Å². The number of aromatic hydroxyl groups is 1. The van der Waals surface area contributed by atoms with E-state index in [1.165, 1.54) is 6.07 Å². The van der Waals surface area contributed by atoms with E-state index in [1.807, 2.05) is 60.7 Å². The zero-order valence-corrected chi connectivity index (χ0v) is 14.9. The fraction of sp³-hybridized carbons (Fsp3) is 0.136. The molecule has 2 N–H and O–H groups in total. The second kappa shape index (κ2) is 8.27. The molecule has 0 saturated heterocycles. The summed E-state index contributed by atoms with van der Waals surface area (Å²) in [7, 11) is 0. The molecule has 0 radical (unpaired) electrons. The maximum Gasteiger partial charge on any atom is 0.336 e. The highest BCUT2D eigenvalue weighted by Gasteiger charge is 2.22. The number of carboxylic acids is 1. The van der Waals surface area contributed by atoms with E-state index >= 15 is 0 Å². The Morgan fingerprint density at radius 1 is 0.852 bits per heavy atom. The molecular weight excluding hydrogens is 344 g/mol. The molecule has 3 aromatic carbocycles. The van der Waals surface area contributed by atoms with Crippen LogP contribution in [0.4, 0.5) is 0 Å². The third-order valence-electron chi connectivity index (χ3n) is 4.15. The second-order valence-corrected chi connectivity index (χ2v) is 6.08. The van der Waals surface area contributed by atoms with Crippen LogP contribution in [0.15, 0.2) is 66.7 Å². The molecule has 0 amide bonds. The van der Waals surface area contributed by atoms with E-state index in [-0.39, 0.29) is 36.0 Å². The van der Waals surface area contributed by atoms with E-state index in [9.17, 15) is 15.0 Å². The normalized spacial score (nSPS) is 10.4. The average Bonchev–Trinajstić information content (AvgIpc) is 2.68. The Bertz CT molecular complexity index is 920. The third kappa shape index (κ3) is 4.39. The highest BCUT2D eigenvalue weighted by atomic mass is 16.5. The van der Waals surface area contributed by atoms with Crippen molar-refractivity contribution in [3.63, 3.8) is 0 Å². The van der Waals surface area contributed by atoms with Crippen molar-refractivity contribution in [1.29, 1.82) is 0 Å². The molecule has 5 nitrogen and oxygen atoms in total. The van der Waals surface area contributed by atoms with Crippen molar-refractivity contribution in [2.24, 2.45) is 0 Å². The molecule has 27 heavy (non-hydrogen) atoms. The minimum atomic E-state index is -1.14. The number of phenols is 1. The maximum absolute atomic E-state index is 11.5. The molecule has 0 aromatic heterocycles. The molecule has 0 aliphatic heterocycles. The first-order valence-corrected chi connectivity index (χ1v) is 8.49. The zero-order chi connectivity index (χ0) is 19.2. The Morgan fingerprint density at radius 3 is 1.81 bits per heavy atom. The molecule has 0 bridgehead atoms. The fourth-order valence-electron chi connectivity index (χ4n) is 2.71. The van der Waals surface area contributed by atoms with Gasteiger partial charge in [0.2, 0.25) is 5.75 Å². The zero-order valence-electron chi connectivity index (χ0n) is 14.9. The van der Waals surface area contributed by atoms with Crippen LogP contribution in [0.25, 0.3) is 0 Å². The van der Waals surface area contributed by atoms with Crippen molar-refractivity contribution in [1.82, 2.24) is 0 Å². The predicted molar refractivity (Wildman–Crippen MR) is 101 cm³/mol. The van der Waals surface area contributed by atoms with Gasteiger partial charge >= 0.3 is 5.97 Å². The van der Waals surface area contributed by atoms with Crippen molar-refractivity contribution in [2.45, 2.75) is 20.1 Å². The van der Waals surface area contributed by atoms with Crippen LogP contribution in [-0.4, -0.2) is 16.2 Å². The molecule has 3 rings (SSSR count). The van der Waals surface area contributed by atoms with Gasteiger partial charge in [-0.25, -0.2) is 4.79 Å². The Labute approximate surface area is 157 Å². The van der Waals surface area contributed by atoms with Crippen LogP contribution >= 0.6 is 0 Å². The van der Waals surface area contributed by atoms with Gasteiger partial charge in [-0.3, -0.25) is 0 Å². The number of rotatable bonds is 7. The number of hydrogen-bond donors (Lipinski definition) is 2. The highest BCUT2D eigenvalue weighted by Crippen LogP contribution is 2.42. The summed E-state index contributed by atoms with van der Waals surface area (Å²) in [6.45, 7) is 2.09. The van der Waals surface area contributed by atoms with Crippen LogP contribution in [0, 0.1) is 6.92 Å². The number of carbonyl (C=O) groups is 1. The molecule has 0 spiro atoms. The Kier molecular flexibility index (Phi) is 5.61. The summed E-state index contributed by atoms with van der Waals surface area (Å²) in [6, 6.07) is 20.2. The fourth-order valence-corrected chi connectivity index (χ4v) is 2.71. The van der Waals surface area contributed by atoms with Crippen LogP contribution < -0.4 is 9.47 Å². The van der Waals surface area contributed by atoms with E-state index in [0.29, 0.717) is 5.56 Å². The molecule has 138 valence electrons. The average molecular weight is 364 g/mol. The van der Waals surface area contributed by atoms with Gasteiger partial charge in [-0.15, -0.1) is 0 Å². The lowest BCUT2D eigenvalue weighted by Crippen LogP contribution is -2.07. The number of hydrogen-bond acceptors (Lipinski definition) is 4. The molecule has 0 unspecified atom stereocenters. The van der Waals surface area contributed by atoms with E-state index in [4.69, 9.17) is 9.47 Å². The van der Waals surface area contributed by atoms with E-state index in [0.717, 1.165) is 11.1 Å². The Morgan fingerprint density at radius 2 is 1.33 bits per heavy atom. The van der Waals surface area contributed by atoms with Crippen LogP contribution in [0.1, 0.15) is 27.0 Å². The maximum atomic E-state index is 11.5. The van der Waals surface area contributed by atoms with E-state index in [2.05, 4.69) is 0 Å². The molecule has 0 aliphatic carbocycles. The molecule has 0 aliphatic rings. The summed E-state index contributed by atoms with van der Waals surface area (Å²) in [5.74, 6) is -1.04. The second-order valence-electron chi connectivity index (χ2n) is 6.08. The minimum Gasteiger partial charge on any atom is -0.504 e. The molecule has 0 heterocycles. The number of phenolic OH excluding ortho intramolecular Hbond substituents is 1. The van der Waals surface area contributed by atoms with E-state index < -0.39 is 5.97 Å². The van der Waals surface area contributed by atoms with E-state index in [1.54, 1.807) is 6.92 Å². The lowest BCUT2D eigenvalue weighted by molar-refractivity contribution is 0.0694. The van der Waals surface area contributed by atoms with Gasteiger partial charge in [0.1, 0.15) is 13.2 Å². The molecule has 5 heteroatoms. The first kappa shape index (κ1) is 18.3. The van der Waals surface area contributed by atoms with Gasteiger partial charge < -0.3 is 19.7 Å². The van der Waals surface area contributed by atoms with Crippen molar-refractivity contribution >= 4 is 5.97 Å². The summed E-state index contributed by atoms with van der Waals surface area (Å²) < 4.78 is 11.7. The van der Waals surface area contributed by atoms with Crippen LogP contribution in [0.5, 0.6) is 17.2 Å². The van der Waals surface area contributed by atoms with Gasteiger partial charge in [0, 0.05) is 5.56 Å². The van der Waals surface area contributed by atoms with Crippen LogP contribution in [-0.2, 0) is 13.2 Å². The van der Waals surface area contributed by atoms with Crippen LogP contribution in [0.2, 0.25) is 0 Å². The van der Waals surface area contributed by atoms with Gasteiger partial charge in [0.05, 0.1) is 5.56 Å². The van der Waals surface area contributed by atoms with Crippen molar-refractivity contribution in [2.75, 3.05) is 0 Å². The summed E-state index contributed by atoms with van der Waals surface area (Å²) in [4.78, 5) is 11.5.